The van der Waals surface area contributed by atoms with Crippen molar-refractivity contribution in [3.05, 3.63) is 28.5 Å². The average Bonchev–Trinajstić information content (AvgIpc) is 2.53. The maximum Gasteiger partial charge on any atom is 0.321 e. The van der Waals surface area contributed by atoms with Crippen LogP contribution in [0.4, 0.5) is 4.79 Å². The second kappa shape index (κ2) is 6.14. The van der Waals surface area contributed by atoms with Gasteiger partial charge in [0.15, 0.2) is 0 Å². The molecule has 1 aliphatic heterocycles. The molecule has 0 aromatic carbocycles. The number of aromatic nitrogens is 1. The fraction of sp³-hybridized carbons (Fsp3) is 0.462. The quantitative estimate of drug-likeness (QED) is 0.904. The minimum Gasteiger partial charge on any atom is -0.351 e. The number of nitrogens with zero attached hydrogens (tertiary/aromatic N) is 2. The van der Waals surface area contributed by atoms with E-state index in [1.54, 1.807) is 12.4 Å². The highest BCUT2D eigenvalue weighted by Gasteiger charge is 2.29. The second-order valence-electron chi connectivity index (χ2n) is 4.74. The van der Waals surface area contributed by atoms with E-state index in [4.69, 9.17) is 5.73 Å². The van der Waals surface area contributed by atoms with Gasteiger partial charge in [-0.1, -0.05) is 6.42 Å². The summed E-state index contributed by atoms with van der Waals surface area (Å²) in [5.74, 6) is -0.351. The molecule has 0 aliphatic carbocycles. The minimum atomic E-state index is -0.649. The van der Waals surface area contributed by atoms with E-state index in [1.165, 1.54) is 4.90 Å². The summed E-state index contributed by atoms with van der Waals surface area (Å²) in [6.45, 7) is 0.432. The van der Waals surface area contributed by atoms with Gasteiger partial charge in [-0.25, -0.2) is 4.79 Å². The molecule has 5 nitrogen and oxygen atoms in total. The number of carbonyl (C=O) groups is 2. The molecule has 19 heavy (non-hydrogen) atoms. The van der Waals surface area contributed by atoms with Gasteiger partial charge in [-0.15, -0.1) is 0 Å². The van der Waals surface area contributed by atoms with Gasteiger partial charge in [0.05, 0.1) is 0 Å². The van der Waals surface area contributed by atoms with Crippen LogP contribution in [-0.2, 0) is 11.2 Å². The van der Waals surface area contributed by atoms with E-state index in [0.29, 0.717) is 13.0 Å². The summed E-state index contributed by atoms with van der Waals surface area (Å²) in [5.41, 5.74) is 6.24. The number of carbonyl (C=O) groups excluding carboxylic acids is 2. The van der Waals surface area contributed by atoms with Gasteiger partial charge in [0, 0.05) is 29.3 Å². The molecule has 0 bridgehead atoms. The molecule has 1 saturated heterocycles. The number of primary amides is 1. The van der Waals surface area contributed by atoms with Crippen molar-refractivity contribution in [2.45, 2.75) is 25.7 Å². The molecule has 6 heteroatoms. The molecule has 2 heterocycles. The van der Waals surface area contributed by atoms with E-state index >= 15 is 0 Å². The number of halogens is 1. The molecule has 1 fully saturated rings. The normalized spacial score (nSPS) is 20.2. The highest BCUT2D eigenvalue weighted by atomic mass is 79.9. The first-order valence-corrected chi connectivity index (χ1v) is 7.07. The van der Waals surface area contributed by atoms with Gasteiger partial charge in [-0.05, 0) is 46.8 Å². The van der Waals surface area contributed by atoms with Crippen LogP contribution in [-0.4, -0.2) is 28.4 Å². The molecule has 2 N–H and O–H groups in total. The van der Waals surface area contributed by atoms with Crippen molar-refractivity contribution in [2.24, 2.45) is 11.7 Å². The second-order valence-corrected chi connectivity index (χ2v) is 5.65. The Hall–Kier alpha value is -1.43. The van der Waals surface area contributed by atoms with Gasteiger partial charge in [0.25, 0.3) is 0 Å². The number of hydrogen-bond acceptors (Lipinski definition) is 3. The highest BCUT2D eigenvalue weighted by molar-refractivity contribution is 9.10. The Morgan fingerprint density at radius 2 is 2.26 bits per heavy atom. The summed E-state index contributed by atoms with van der Waals surface area (Å²) in [6.07, 6.45) is 6.58. The monoisotopic (exact) mass is 325 g/mol. The molecule has 0 spiro atoms. The number of amides is 3. The standard InChI is InChI=1S/C13H16BrN3O2/c14-11-6-9(7-16-8-11)5-10-3-1-2-4-17(12(10)18)13(15)19/h6-8,10H,1-5H2,(H2,15,19). The first-order valence-electron chi connectivity index (χ1n) is 6.28. The molecule has 3 amide bonds. The van der Waals surface area contributed by atoms with Crippen molar-refractivity contribution in [3.63, 3.8) is 0 Å². The molecule has 1 aromatic heterocycles. The predicted octanol–water partition coefficient (Wildman–Crippen LogP) is 2.09. The van der Waals surface area contributed by atoms with Crippen LogP contribution in [0.15, 0.2) is 22.9 Å². The van der Waals surface area contributed by atoms with E-state index in [0.717, 1.165) is 29.3 Å². The smallest absolute Gasteiger partial charge is 0.321 e. The zero-order chi connectivity index (χ0) is 13.8. The fourth-order valence-electron chi connectivity index (χ4n) is 2.37. The van der Waals surface area contributed by atoms with E-state index in [-0.39, 0.29) is 11.8 Å². The summed E-state index contributed by atoms with van der Waals surface area (Å²) in [6, 6.07) is 1.30. The van der Waals surface area contributed by atoms with Gasteiger partial charge in [0.1, 0.15) is 0 Å². The van der Waals surface area contributed by atoms with Crippen molar-refractivity contribution in [3.8, 4) is 0 Å². The number of imide groups is 1. The lowest BCUT2D eigenvalue weighted by atomic mass is 9.95. The van der Waals surface area contributed by atoms with Crippen molar-refractivity contribution in [2.75, 3.05) is 6.54 Å². The van der Waals surface area contributed by atoms with Crippen molar-refractivity contribution in [1.82, 2.24) is 9.88 Å². The van der Waals surface area contributed by atoms with E-state index in [2.05, 4.69) is 20.9 Å². The van der Waals surface area contributed by atoms with Crippen LogP contribution in [0, 0.1) is 5.92 Å². The Morgan fingerprint density at radius 3 is 2.95 bits per heavy atom. The summed E-state index contributed by atoms with van der Waals surface area (Å²) in [5, 5.41) is 0. The van der Waals surface area contributed by atoms with Crippen molar-refractivity contribution >= 4 is 27.9 Å². The molecule has 1 unspecified atom stereocenters. The third-order valence-electron chi connectivity index (χ3n) is 3.31. The van der Waals surface area contributed by atoms with E-state index in [1.807, 2.05) is 6.07 Å². The molecule has 1 aromatic rings. The molecule has 1 atom stereocenters. The van der Waals surface area contributed by atoms with Gasteiger partial charge >= 0.3 is 6.03 Å². The Balaban J connectivity index is 2.13. The summed E-state index contributed by atoms with van der Waals surface area (Å²) < 4.78 is 0.887. The highest BCUT2D eigenvalue weighted by Crippen LogP contribution is 2.22. The molecule has 2 rings (SSSR count). The van der Waals surface area contributed by atoms with Crippen molar-refractivity contribution in [1.29, 1.82) is 0 Å². The average molecular weight is 326 g/mol. The lowest BCUT2D eigenvalue weighted by Crippen LogP contribution is -2.43. The Bertz CT molecular complexity index is 493. The number of hydrogen-bond donors (Lipinski definition) is 1. The number of urea groups is 1. The molecule has 102 valence electrons. The Kier molecular flexibility index (Phi) is 4.52. The first-order chi connectivity index (χ1) is 9.08. The van der Waals surface area contributed by atoms with Crippen LogP contribution < -0.4 is 5.73 Å². The molecular formula is C13H16BrN3O2. The molecular weight excluding hydrogens is 310 g/mol. The fourth-order valence-corrected chi connectivity index (χ4v) is 2.79. The summed E-state index contributed by atoms with van der Waals surface area (Å²) in [7, 11) is 0. The van der Waals surface area contributed by atoms with E-state index < -0.39 is 6.03 Å². The lowest BCUT2D eigenvalue weighted by Gasteiger charge is -2.20. The Morgan fingerprint density at radius 1 is 1.47 bits per heavy atom. The molecule has 0 saturated carbocycles. The molecule has 1 aliphatic rings. The third kappa shape index (κ3) is 3.53. The number of nitrogens with two attached hydrogens (primary N) is 1. The summed E-state index contributed by atoms with van der Waals surface area (Å²) in [4.78, 5) is 28.8. The maximum absolute atomic E-state index is 12.3. The topological polar surface area (TPSA) is 76.3 Å². The SMILES string of the molecule is NC(=O)N1CCCCC(Cc2cncc(Br)c2)C1=O. The first kappa shape index (κ1) is 14.0. The lowest BCUT2D eigenvalue weighted by molar-refractivity contribution is -0.131. The number of likely N-dealkylation sites (tertiary alicyclic amines) is 1. The zero-order valence-corrected chi connectivity index (χ0v) is 12.1. The molecule has 0 radical (unpaired) electrons. The van der Waals surface area contributed by atoms with Gasteiger partial charge in [0.2, 0.25) is 5.91 Å². The van der Waals surface area contributed by atoms with Gasteiger partial charge < -0.3 is 5.73 Å². The van der Waals surface area contributed by atoms with Crippen LogP contribution in [0.1, 0.15) is 24.8 Å². The van der Waals surface area contributed by atoms with Crippen LogP contribution >= 0.6 is 15.9 Å². The summed E-state index contributed by atoms with van der Waals surface area (Å²) >= 11 is 3.36. The third-order valence-corrected chi connectivity index (χ3v) is 3.74. The van der Waals surface area contributed by atoms with E-state index in [9.17, 15) is 9.59 Å². The van der Waals surface area contributed by atoms with Gasteiger partial charge in [-0.3, -0.25) is 14.7 Å². The Labute approximate surface area is 120 Å². The minimum absolute atomic E-state index is 0.162. The van der Waals surface area contributed by atoms with Crippen LogP contribution in [0.3, 0.4) is 0 Å². The van der Waals surface area contributed by atoms with Crippen LogP contribution in [0.5, 0.6) is 0 Å². The van der Waals surface area contributed by atoms with Crippen LogP contribution in [0.25, 0.3) is 0 Å². The maximum atomic E-state index is 12.3. The van der Waals surface area contributed by atoms with Crippen LogP contribution in [0.2, 0.25) is 0 Å². The van der Waals surface area contributed by atoms with Crippen molar-refractivity contribution < 1.29 is 9.59 Å². The predicted molar refractivity (Wildman–Crippen MR) is 74.3 cm³/mol. The number of rotatable bonds is 2. The zero-order valence-electron chi connectivity index (χ0n) is 10.5. The van der Waals surface area contributed by atoms with Gasteiger partial charge in [-0.2, -0.15) is 0 Å². The number of pyridine rings is 1. The largest absolute Gasteiger partial charge is 0.351 e.